The number of benzene rings is 1. The topological polar surface area (TPSA) is 77.7 Å². The lowest BCUT2D eigenvalue weighted by Gasteiger charge is -2.33. The number of hydrogen-bond acceptors (Lipinski definition) is 6. The normalized spacial score (nSPS) is 17.5. The van der Waals surface area contributed by atoms with Crippen LogP contribution >= 0.6 is 0 Å². The minimum absolute atomic E-state index is 0.0638. The van der Waals surface area contributed by atoms with E-state index in [0.717, 1.165) is 24.2 Å². The molecule has 2 heterocycles. The Morgan fingerprint density at radius 3 is 2.69 bits per heavy atom. The van der Waals surface area contributed by atoms with Crippen LogP contribution in [0.2, 0.25) is 0 Å². The molecule has 0 N–H and O–H groups in total. The van der Waals surface area contributed by atoms with Crippen molar-refractivity contribution in [1.82, 2.24) is 15.0 Å². The number of morpholine rings is 1. The van der Waals surface area contributed by atoms with Gasteiger partial charge in [0.1, 0.15) is 11.9 Å². The summed E-state index contributed by atoms with van der Waals surface area (Å²) >= 11 is 0. The van der Waals surface area contributed by atoms with E-state index >= 15 is 0 Å². The average molecular weight is 359 g/mol. The maximum absolute atomic E-state index is 12.6. The van der Waals surface area contributed by atoms with E-state index in [1.54, 1.807) is 7.11 Å². The average Bonchev–Trinajstić information content (AvgIpc) is 3.19. The molecule has 1 aliphatic rings. The number of hydrogen-bond donors (Lipinski definition) is 0. The molecule has 1 aliphatic heterocycles. The molecular weight excluding hydrogens is 334 g/mol. The first-order valence-corrected chi connectivity index (χ1v) is 9.04. The molecule has 7 heteroatoms. The van der Waals surface area contributed by atoms with Gasteiger partial charge in [-0.2, -0.15) is 4.98 Å². The number of carbonyl (C=O) groups is 1. The highest BCUT2D eigenvalue weighted by Gasteiger charge is 2.31. The van der Waals surface area contributed by atoms with Gasteiger partial charge in [0, 0.05) is 18.0 Å². The molecule has 1 fully saturated rings. The van der Waals surface area contributed by atoms with Crippen molar-refractivity contribution >= 4 is 5.91 Å². The van der Waals surface area contributed by atoms with Crippen LogP contribution in [-0.4, -0.2) is 47.8 Å². The number of ether oxygens (including phenoxy) is 2. The predicted molar refractivity (Wildman–Crippen MR) is 95.6 cm³/mol. The fraction of sp³-hybridized carbons (Fsp3) is 0.526. The van der Waals surface area contributed by atoms with Crippen molar-refractivity contribution in [3.63, 3.8) is 0 Å². The first kappa shape index (κ1) is 18.4. The van der Waals surface area contributed by atoms with Crippen molar-refractivity contribution in [2.45, 2.75) is 32.8 Å². The Kier molecular flexibility index (Phi) is 5.88. The highest BCUT2D eigenvalue weighted by molar-refractivity contribution is 5.78. The summed E-state index contributed by atoms with van der Waals surface area (Å²) in [6.45, 7) is 5.63. The molecule has 0 radical (unpaired) electrons. The summed E-state index contributed by atoms with van der Waals surface area (Å²) in [7, 11) is 1.62. The van der Waals surface area contributed by atoms with Crippen LogP contribution < -0.4 is 4.74 Å². The zero-order chi connectivity index (χ0) is 18.5. The van der Waals surface area contributed by atoms with Crippen molar-refractivity contribution in [2.75, 3.05) is 26.8 Å². The van der Waals surface area contributed by atoms with Crippen LogP contribution in [-0.2, 0) is 9.53 Å². The van der Waals surface area contributed by atoms with Crippen LogP contribution in [0.3, 0.4) is 0 Å². The summed E-state index contributed by atoms with van der Waals surface area (Å²) in [5.74, 6) is 1.91. The van der Waals surface area contributed by atoms with Crippen molar-refractivity contribution in [3.05, 3.63) is 30.1 Å². The quantitative estimate of drug-likeness (QED) is 0.789. The molecule has 3 rings (SSSR count). The molecule has 0 bridgehead atoms. The number of rotatable bonds is 6. The lowest BCUT2D eigenvalue weighted by molar-refractivity contribution is -0.144. The Morgan fingerprint density at radius 1 is 1.31 bits per heavy atom. The molecule has 0 saturated carbocycles. The van der Waals surface area contributed by atoms with Crippen LogP contribution in [0.4, 0.5) is 0 Å². The molecule has 0 spiro atoms. The smallest absolute Gasteiger partial charge is 0.258 e. The third kappa shape index (κ3) is 3.88. The number of aromatic nitrogens is 2. The van der Waals surface area contributed by atoms with E-state index in [4.69, 9.17) is 14.0 Å². The fourth-order valence-electron chi connectivity index (χ4n) is 3.12. The number of methoxy groups -OCH3 is 1. The van der Waals surface area contributed by atoms with Gasteiger partial charge in [0.2, 0.25) is 11.7 Å². The fourth-order valence-corrected chi connectivity index (χ4v) is 3.12. The van der Waals surface area contributed by atoms with Gasteiger partial charge in [-0.1, -0.05) is 19.0 Å². The molecular formula is C19H25N3O4. The monoisotopic (exact) mass is 359 g/mol. The third-order valence-electron chi connectivity index (χ3n) is 4.78. The zero-order valence-electron chi connectivity index (χ0n) is 15.5. The Balaban J connectivity index is 1.71. The van der Waals surface area contributed by atoms with Gasteiger partial charge in [-0.15, -0.1) is 0 Å². The van der Waals surface area contributed by atoms with Gasteiger partial charge in [-0.3, -0.25) is 4.79 Å². The molecule has 1 aromatic carbocycles. The van der Waals surface area contributed by atoms with E-state index in [1.807, 2.05) is 43.0 Å². The molecule has 1 amide bonds. The summed E-state index contributed by atoms with van der Waals surface area (Å²) in [6, 6.07) is 7.40. The van der Waals surface area contributed by atoms with Gasteiger partial charge in [-0.25, -0.2) is 0 Å². The minimum atomic E-state index is -0.363. The second-order valence-corrected chi connectivity index (χ2v) is 6.34. The lowest BCUT2D eigenvalue weighted by atomic mass is 10.0. The van der Waals surface area contributed by atoms with Crippen molar-refractivity contribution in [3.8, 4) is 17.2 Å². The van der Waals surface area contributed by atoms with Crippen LogP contribution in [0.25, 0.3) is 11.5 Å². The van der Waals surface area contributed by atoms with E-state index < -0.39 is 0 Å². The number of nitrogens with zero attached hydrogens (tertiary/aromatic N) is 3. The highest BCUT2D eigenvalue weighted by atomic mass is 16.5. The number of carbonyl (C=O) groups excluding carboxylic acids is 1. The van der Waals surface area contributed by atoms with Crippen molar-refractivity contribution in [2.24, 2.45) is 5.92 Å². The van der Waals surface area contributed by atoms with Gasteiger partial charge < -0.3 is 18.9 Å². The maximum Gasteiger partial charge on any atom is 0.258 e. The maximum atomic E-state index is 12.6. The van der Waals surface area contributed by atoms with Crippen molar-refractivity contribution in [1.29, 1.82) is 0 Å². The molecule has 2 aromatic rings. The lowest BCUT2D eigenvalue weighted by Crippen LogP contribution is -2.45. The van der Waals surface area contributed by atoms with Gasteiger partial charge in [0.25, 0.3) is 5.89 Å². The van der Waals surface area contributed by atoms with Crippen LogP contribution in [0.1, 0.15) is 38.6 Å². The van der Waals surface area contributed by atoms with Gasteiger partial charge in [0.05, 0.1) is 20.3 Å². The summed E-state index contributed by atoms with van der Waals surface area (Å²) in [6.07, 6.45) is 1.33. The summed E-state index contributed by atoms with van der Waals surface area (Å²) in [4.78, 5) is 18.9. The van der Waals surface area contributed by atoms with Crippen LogP contribution in [0.5, 0.6) is 5.75 Å². The van der Waals surface area contributed by atoms with Gasteiger partial charge >= 0.3 is 0 Å². The molecule has 1 unspecified atom stereocenters. The number of amides is 1. The Labute approximate surface area is 153 Å². The highest BCUT2D eigenvalue weighted by Crippen LogP contribution is 2.26. The van der Waals surface area contributed by atoms with E-state index in [1.165, 1.54) is 0 Å². The summed E-state index contributed by atoms with van der Waals surface area (Å²) in [5.41, 5.74) is 0.810. The van der Waals surface area contributed by atoms with E-state index in [9.17, 15) is 4.79 Å². The SMILES string of the molecule is CCC(CC)C(=O)N1CCOC(c2noc(-c3ccc(OC)cc3)n2)C1. The van der Waals surface area contributed by atoms with E-state index in [0.29, 0.717) is 31.4 Å². The predicted octanol–water partition coefficient (Wildman–Crippen LogP) is 3.08. The Bertz CT molecular complexity index is 725. The Hall–Kier alpha value is -2.41. The molecule has 26 heavy (non-hydrogen) atoms. The third-order valence-corrected chi connectivity index (χ3v) is 4.78. The van der Waals surface area contributed by atoms with Crippen LogP contribution in [0, 0.1) is 5.92 Å². The molecule has 1 saturated heterocycles. The second-order valence-electron chi connectivity index (χ2n) is 6.34. The molecule has 1 aromatic heterocycles. The largest absolute Gasteiger partial charge is 0.497 e. The second kappa shape index (κ2) is 8.31. The molecule has 7 nitrogen and oxygen atoms in total. The van der Waals surface area contributed by atoms with Crippen LogP contribution in [0.15, 0.2) is 28.8 Å². The van der Waals surface area contributed by atoms with Crippen molar-refractivity contribution < 1.29 is 18.8 Å². The minimum Gasteiger partial charge on any atom is -0.497 e. The standard InChI is InChI=1S/C19H25N3O4/c1-4-13(5-2)19(23)22-10-11-25-16(12-22)17-20-18(26-21-17)14-6-8-15(24-3)9-7-14/h6-9,13,16H,4-5,10-12H2,1-3H3. The Morgan fingerprint density at radius 2 is 2.04 bits per heavy atom. The van der Waals surface area contributed by atoms with Gasteiger partial charge in [-0.05, 0) is 37.1 Å². The first-order chi connectivity index (χ1) is 12.7. The molecule has 0 aliphatic carbocycles. The summed E-state index contributed by atoms with van der Waals surface area (Å²) in [5, 5.41) is 4.06. The van der Waals surface area contributed by atoms with Gasteiger partial charge in [0.15, 0.2) is 0 Å². The summed E-state index contributed by atoms with van der Waals surface area (Å²) < 4.78 is 16.3. The molecule has 140 valence electrons. The van der Waals surface area contributed by atoms with E-state index in [2.05, 4.69) is 10.1 Å². The zero-order valence-corrected chi connectivity index (χ0v) is 15.5. The molecule has 1 atom stereocenters. The van der Waals surface area contributed by atoms with E-state index in [-0.39, 0.29) is 17.9 Å². The first-order valence-electron chi connectivity index (χ1n) is 9.04.